The lowest BCUT2D eigenvalue weighted by atomic mass is 9.96. The standard InChI is InChI=1S/C17H27NO3S/c1-4-21-13-15-6-5-11-18(12-15)14(2)16-7-9-17(10-8-16)22(3,19)20/h7-10,14-15H,4-6,11-13H2,1-3H3/t14-,15-/m1/s1. The first kappa shape index (κ1) is 17.4. The maximum atomic E-state index is 11.5. The average Bonchev–Trinajstić information content (AvgIpc) is 2.52. The summed E-state index contributed by atoms with van der Waals surface area (Å²) >= 11 is 0. The minimum absolute atomic E-state index is 0.304. The summed E-state index contributed by atoms with van der Waals surface area (Å²) in [6.07, 6.45) is 3.67. The minimum Gasteiger partial charge on any atom is -0.381 e. The predicted octanol–water partition coefficient (Wildman–Crippen LogP) is 2.90. The molecular formula is C17H27NO3S. The van der Waals surface area contributed by atoms with Gasteiger partial charge in [0.25, 0.3) is 0 Å². The number of nitrogens with zero attached hydrogens (tertiary/aromatic N) is 1. The molecule has 5 heteroatoms. The second-order valence-electron chi connectivity index (χ2n) is 6.18. The molecule has 4 nitrogen and oxygen atoms in total. The summed E-state index contributed by atoms with van der Waals surface area (Å²) in [5, 5.41) is 0. The average molecular weight is 325 g/mol. The van der Waals surface area contributed by atoms with E-state index in [1.807, 2.05) is 19.1 Å². The highest BCUT2D eigenvalue weighted by Gasteiger charge is 2.24. The lowest BCUT2D eigenvalue weighted by molar-refractivity contribution is 0.0537. The summed E-state index contributed by atoms with van der Waals surface area (Å²) in [6.45, 7) is 7.99. The van der Waals surface area contributed by atoms with Gasteiger partial charge in [0.1, 0.15) is 0 Å². The fourth-order valence-corrected chi connectivity index (χ4v) is 3.70. The van der Waals surface area contributed by atoms with Crippen LogP contribution in [0.15, 0.2) is 29.2 Å². The molecule has 0 amide bonds. The molecule has 1 aliphatic heterocycles. The normalized spacial score (nSPS) is 21.7. The van der Waals surface area contributed by atoms with Crippen molar-refractivity contribution in [2.24, 2.45) is 5.92 Å². The molecule has 0 saturated carbocycles. The number of hydrogen-bond acceptors (Lipinski definition) is 4. The highest BCUT2D eigenvalue weighted by Crippen LogP contribution is 2.27. The van der Waals surface area contributed by atoms with E-state index in [-0.39, 0.29) is 0 Å². The molecule has 1 heterocycles. The monoisotopic (exact) mass is 325 g/mol. The van der Waals surface area contributed by atoms with Gasteiger partial charge in [-0.2, -0.15) is 0 Å². The van der Waals surface area contributed by atoms with Gasteiger partial charge in [-0.05, 0) is 56.8 Å². The molecule has 1 aliphatic rings. The van der Waals surface area contributed by atoms with Crippen LogP contribution in [0, 0.1) is 5.92 Å². The third-order valence-electron chi connectivity index (χ3n) is 4.45. The Kier molecular flexibility index (Phi) is 6.01. The second kappa shape index (κ2) is 7.57. The minimum atomic E-state index is -3.12. The van der Waals surface area contributed by atoms with Crippen molar-refractivity contribution in [2.75, 3.05) is 32.6 Å². The van der Waals surface area contributed by atoms with Gasteiger partial charge < -0.3 is 4.74 Å². The van der Waals surface area contributed by atoms with E-state index in [1.165, 1.54) is 24.7 Å². The highest BCUT2D eigenvalue weighted by atomic mass is 32.2. The SMILES string of the molecule is CCOC[C@@H]1CCCN([C@H](C)c2ccc(S(C)(=O)=O)cc2)C1. The van der Waals surface area contributed by atoms with Gasteiger partial charge in [0, 0.05) is 25.4 Å². The summed E-state index contributed by atoms with van der Waals surface area (Å²) in [5.74, 6) is 0.603. The third kappa shape index (κ3) is 4.54. The zero-order chi connectivity index (χ0) is 16.2. The van der Waals surface area contributed by atoms with E-state index in [0.29, 0.717) is 16.9 Å². The van der Waals surface area contributed by atoms with E-state index in [4.69, 9.17) is 4.74 Å². The summed E-state index contributed by atoms with van der Waals surface area (Å²) in [5.41, 5.74) is 1.17. The Bertz CT molecular complexity index is 568. The summed E-state index contributed by atoms with van der Waals surface area (Å²) in [4.78, 5) is 2.86. The molecule has 0 unspecified atom stereocenters. The molecule has 22 heavy (non-hydrogen) atoms. The zero-order valence-corrected chi connectivity index (χ0v) is 14.6. The second-order valence-corrected chi connectivity index (χ2v) is 8.20. The van der Waals surface area contributed by atoms with Crippen LogP contribution in [0.2, 0.25) is 0 Å². The van der Waals surface area contributed by atoms with Crippen LogP contribution < -0.4 is 0 Å². The van der Waals surface area contributed by atoms with Gasteiger partial charge in [0.05, 0.1) is 11.5 Å². The van der Waals surface area contributed by atoms with Crippen molar-refractivity contribution in [1.29, 1.82) is 0 Å². The maximum Gasteiger partial charge on any atom is 0.175 e. The molecule has 0 radical (unpaired) electrons. The molecule has 1 aromatic rings. The van der Waals surface area contributed by atoms with E-state index in [9.17, 15) is 8.42 Å². The lowest BCUT2D eigenvalue weighted by Gasteiger charge is -2.37. The topological polar surface area (TPSA) is 46.6 Å². The molecule has 0 N–H and O–H groups in total. The summed E-state index contributed by atoms with van der Waals surface area (Å²) in [6, 6.07) is 7.60. The van der Waals surface area contributed by atoms with Crippen molar-refractivity contribution in [3.63, 3.8) is 0 Å². The summed E-state index contributed by atoms with van der Waals surface area (Å²) in [7, 11) is -3.12. The molecule has 0 spiro atoms. The number of benzene rings is 1. The van der Waals surface area contributed by atoms with E-state index < -0.39 is 9.84 Å². The molecule has 124 valence electrons. The number of likely N-dealkylation sites (tertiary alicyclic amines) is 1. The van der Waals surface area contributed by atoms with Gasteiger partial charge in [0.2, 0.25) is 0 Å². The number of ether oxygens (including phenoxy) is 1. The van der Waals surface area contributed by atoms with Gasteiger partial charge in [0.15, 0.2) is 9.84 Å². The van der Waals surface area contributed by atoms with Gasteiger partial charge in [-0.15, -0.1) is 0 Å². The molecule has 0 aliphatic carbocycles. The Morgan fingerprint density at radius 2 is 2.00 bits per heavy atom. The molecule has 1 aromatic carbocycles. The number of piperidine rings is 1. The van der Waals surface area contributed by atoms with Gasteiger partial charge in [-0.1, -0.05) is 12.1 Å². The van der Waals surface area contributed by atoms with Crippen molar-refractivity contribution < 1.29 is 13.2 Å². The van der Waals surface area contributed by atoms with Crippen LogP contribution >= 0.6 is 0 Å². The van der Waals surface area contributed by atoms with E-state index >= 15 is 0 Å². The first-order chi connectivity index (χ1) is 10.4. The Morgan fingerprint density at radius 3 is 2.59 bits per heavy atom. The first-order valence-electron chi connectivity index (χ1n) is 8.03. The van der Waals surface area contributed by atoms with Crippen LogP contribution in [0.25, 0.3) is 0 Å². The largest absolute Gasteiger partial charge is 0.381 e. The lowest BCUT2D eigenvalue weighted by Crippen LogP contribution is -2.38. The molecule has 0 bridgehead atoms. The Hall–Kier alpha value is -0.910. The van der Waals surface area contributed by atoms with Crippen LogP contribution in [0.1, 0.15) is 38.3 Å². The van der Waals surface area contributed by atoms with Crippen LogP contribution in [0.3, 0.4) is 0 Å². The molecule has 2 atom stereocenters. The molecule has 0 aromatic heterocycles. The van der Waals surface area contributed by atoms with E-state index in [0.717, 1.165) is 26.3 Å². The smallest absolute Gasteiger partial charge is 0.175 e. The van der Waals surface area contributed by atoms with Crippen molar-refractivity contribution in [3.05, 3.63) is 29.8 Å². The number of rotatable bonds is 6. The van der Waals surface area contributed by atoms with Crippen LogP contribution in [-0.2, 0) is 14.6 Å². The van der Waals surface area contributed by atoms with Crippen molar-refractivity contribution in [1.82, 2.24) is 4.90 Å². The van der Waals surface area contributed by atoms with Crippen LogP contribution in [0.5, 0.6) is 0 Å². The van der Waals surface area contributed by atoms with Gasteiger partial charge in [-0.3, -0.25) is 4.90 Å². The highest BCUT2D eigenvalue weighted by molar-refractivity contribution is 7.90. The molecule has 1 saturated heterocycles. The van der Waals surface area contributed by atoms with Crippen molar-refractivity contribution >= 4 is 9.84 Å². The van der Waals surface area contributed by atoms with E-state index in [2.05, 4.69) is 11.8 Å². The fourth-order valence-electron chi connectivity index (χ4n) is 3.07. The first-order valence-corrected chi connectivity index (χ1v) is 9.92. The van der Waals surface area contributed by atoms with Crippen molar-refractivity contribution in [3.8, 4) is 0 Å². The fraction of sp³-hybridized carbons (Fsp3) is 0.647. The Labute approximate surface area is 134 Å². The Morgan fingerprint density at radius 1 is 1.32 bits per heavy atom. The van der Waals surface area contributed by atoms with Gasteiger partial charge >= 0.3 is 0 Å². The number of sulfone groups is 1. The Balaban J connectivity index is 2.02. The molecule has 2 rings (SSSR count). The maximum absolute atomic E-state index is 11.5. The van der Waals surface area contributed by atoms with E-state index in [1.54, 1.807) is 12.1 Å². The van der Waals surface area contributed by atoms with Crippen LogP contribution in [0.4, 0.5) is 0 Å². The quantitative estimate of drug-likeness (QED) is 0.807. The zero-order valence-electron chi connectivity index (χ0n) is 13.8. The van der Waals surface area contributed by atoms with Crippen LogP contribution in [-0.4, -0.2) is 45.9 Å². The predicted molar refractivity (Wildman–Crippen MR) is 88.8 cm³/mol. The van der Waals surface area contributed by atoms with Gasteiger partial charge in [-0.25, -0.2) is 8.42 Å². The van der Waals surface area contributed by atoms with Crippen molar-refractivity contribution in [2.45, 2.75) is 37.6 Å². The molecular weight excluding hydrogens is 298 g/mol. The summed E-state index contributed by atoms with van der Waals surface area (Å²) < 4.78 is 28.6. The number of hydrogen-bond donors (Lipinski definition) is 0. The third-order valence-corrected chi connectivity index (χ3v) is 5.57. The molecule has 1 fully saturated rings.